The molecule has 6 nitrogen and oxygen atoms in total. The first-order chi connectivity index (χ1) is 15.4. The van der Waals surface area contributed by atoms with Crippen LogP contribution in [0.2, 0.25) is 5.02 Å². The van der Waals surface area contributed by atoms with Gasteiger partial charge in [0, 0.05) is 29.5 Å². The number of nitrogens with one attached hydrogen (secondary N) is 2. The molecular formula is C25H30ClN3O3. The van der Waals surface area contributed by atoms with Crippen LogP contribution in [-0.2, 0) is 14.3 Å². The zero-order valence-corrected chi connectivity index (χ0v) is 19.0. The smallest absolute Gasteiger partial charge is 0.275 e. The van der Waals surface area contributed by atoms with E-state index in [4.69, 9.17) is 16.3 Å². The summed E-state index contributed by atoms with van der Waals surface area (Å²) in [7, 11) is 0. The van der Waals surface area contributed by atoms with Crippen molar-refractivity contribution in [1.29, 1.82) is 0 Å². The van der Waals surface area contributed by atoms with Crippen LogP contribution in [0.1, 0.15) is 56.4 Å². The number of amides is 1. The van der Waals surface area contributed by atoms with Gasteiger partial charge in [0.25, 0.3) is 5.88 Å². The highest BCUT2D eigenvalue weighted by Crippen LogP contribution is 2.58. The molecule has 5 rings (SSSR count). The predicted molar refractivity (Wildman–Crippen MR) is 124 cm³/mol. The molecule has 1 unspecified atom stereocenters. The summed E-state index contributed by atoms with van der Waals surface area (Å²) in [5, 5.41) is 6.60. The number of allylic oxidation sites excluding steroid dienone is 1. The van der Waals surface area contributed by atoms with E-state index >= 15 is 0 Å². The monoisotopic (exact) mass is 455 g/mol. The summed E-state index contributed by atoms with van der Waals surface area (Å²) in [5.74, 6) is 2.44. The summed E-state index contributed by atoms with van der Waals surface area (Å²) in [4.78, 5) is 25.8. The lowest BCUT2D eigenvalue weighted by molar-refractivity contribution is -0.122. The van der Waals surface area contributed by atoms with Gasteiger partial charge in [0.15, 0.2) is 5.94 Å². The molecule has 2 heterocycles. The van der Waals surface area contributed by atoms with Crippen LogP contribution < -0.4 is 15.5 Å². The van der Waals surface area contributed by atoms with E-state index in [9.17, 15) is 9.59 Å². The molecule has 170 valence electrons. The van der Waals surface area contributed by atoms with Gasteiger partial charge in [-0.1, -0.05) is 30.7 Å². The average Bonchev–Trinajstić information content (AvgIpc) is 2.67. The minimum Gasteiger partial charge on any atom is -0.471 e. The first-order valence-corrected chi connectivity index (χ1v) is 12.0. The van der Waals surface area contributed by atoms with Gasteiger partial charge < -0.3 is 20.3 Å². The van der Waals surface area contributed by atoms with E-state index < -0.39 is 0 Å². The van der Waals surface area contributed by atoms with Crippen molar-refractivity contribution >= 4 is 29.1 Å². The van der Waals surface area contributed by atoms with E-state index in [1.807, 2.05) is 24.1 Å². The predicted octanol–water partition coefficient (Wildman–Crippen LogP) is 3.90. The van der Waals surface area contributed by atoms with Crippen LogP contribution in [0.15, 0.2) is 36.4 Å². The second kappa shape index (κ2) is 8.49. The number of carbonyl (C=O) groups is 1. The molecule has 2 N–H and O–H groups in total. The van der Waals surface area contributed by atoms with Gasteiger partial charge in [-0.25, -0.2) is 4.79 Å². The van der Waals surface area contributed by atoms with E-state index in [2.05, 4.69) is 22.1 Å². The molecule has 0 radical (unpaired) electrons. The molecule has 0 aromatic heterocycles. The Labute approximate surface area is 194 Å². The lowest BCUT2D eigenvalue weighted by Gasteiger charge is -2.54. The maximum atomic E-state index is 12.3. The Bertz CT molecular complexity index is 969. The molecule has 1 aromatic carbocycles. The van der Waals surface area contributed by atoms with Gasteiger partial charge in [-0.2, -0.15) is 0 Å². The van der Waals surface area contributed by atoms with E-state index in [0.717, 1.165) is 42.9 Å². The van der Waals surface area contributed by atoms with Crippen molar-refractivity contribution in [2.75, 3.05) is 24.6 Å². The molecule has 2 aliphatic heterocycles. The second-order valence-electron chi connectivity index (χ2n) is 10.0. The summed E-state index contributed by atoms with van der Waals surface area (Å²) in [6.07, 6.45) is 8.07. The van der Waals surface area contributed by atoms with Crippen LogP contribution in [0.25, 0.3) is 0 Å². The normalized spacial score (nSPS) is 24.7. The largest absolute Gasteiger partial charge is 0.471 e. The molecule has 4 aliphatic rings. The van der Waals surface area contributed by atoms with Crippen molar-refractivity contribution in [1.82, 2.24) is 10.6 Å². The first-order valence-electron chi connectivity index (χ1n) is 11.6. The molecule has 1 amide bonds. The fourth-order valence-corrected chi connectivity index (χ4v) is 6.01. The van der Waals surface area contributed by atoms with E-state index in [1.165, 1.54) is 32.1 Å². The molecule has 2 aliphatic carbocycles. The van der Waals surface area contributed by atoms with E-state index in [-0.39, 0.29) is 23.8 Å². The number of hydrogen-bond donors (Lipinski definition) is 2. The fourth-order valence-electron chi connectivity index (χ4n) is 5.70. The Morgan fingerprint density at radius 2 is 2.12 bits per heavy atom. The highest BCUT2D eigenvalue weighted by atomic mass is 35.5. The van der Waals surface area contributed by atoms with E-state index in [0.29, 0.717) is 23.0 Å². The molecular weight excluding hydrogens is 426 g/mol. The topological polar surface area (TPSA) is 70.7 Å². The highest BCUT2D eigenvalue weighted by Gasteiger charge is 2.48. The van der Waals surface area contributed by atoms with Gasteiger partial charge in [-0.15, -0.1) is 0 Å². The van der Waals surface area contributed by atoms with Crippen molar-refractivity contribution < 1.29 is 14.3 Å². The van der Waals surface area contributed by atoms with E-state index in [1.54, 1.807) is 0 Å². The molecule has 2 saturated carbocycles. The summed E-state index contributed by atoms with van der Waals surface area (Å²) >= 11 is 6.54. The number of anilines is 1. The summed E-state index contributed by atoms with van der Waals surface area (Å²) < 4.78 is 5.72. The number of nitrogens with zero attached hydrogens (tertiary/aromatic N) is 1. The molecule has 1 aromatic rings. The number of carbonyl (C=O) groups excluding carboxylic acids is 2. The van der Waals surface area contributed by atoms with Crippen LogP contribution in [0, 0.1) is 11.3 Å². The van der Waals surface area contributed by atoms with Crippen molar-refractivity contribution in [3.8, 4) is 0 Å². The average molecular weight is 456 g/mol. The van der Waals surface area contributed by atoms with Crippen LogP contribution in [-0.4, -0.2) is 37.6 Å². The Hall–Kier alpha value is -2.43. The lowest BCUT2D eigenvalue weighted by Crippen LogP contribution is -2.58. The zero-order chi connectivity index (χ0) is 22.3. The minimum absolute atomic E-state index is 0.0398. The molecule has 7 heteroatoms. The molecule has 4 fully saturated rings. The van der Waals surface area contributed by atoms with Gasteiger partial charge in [-0.3, -0.25) is 4.79 Å². The second-order valence-corrected chi connectivity index (χ2v) is 10.4. The quantitative estimate of drug-likeness (QED) is 0.482. The number of hydrogen-bond acceptors (Lipinski definition) is 5. The van der Waals surface area contributed by atoms with Crippen LogP contribution >= 0.6 is 11.6 Å². The summed E-state index contributed by atoms with van der Waals surface area (Å²) in [6, 6.07) is 6.02. The number of benzene rings is 1. The number of rotatable bonds is 7. The third kappa shape index (κ3) is 4.14. The molecule has 0 bridgehead atoms. The maximum Gasteiger partial charge on any atom is 0.275 e. The van der Waals surface area contributed by atoms with Gasteiger partial charge in [-0.05, 0) is 67.6 Å². The number of piperidine rings is 1. The summed E-state index contributed by atoms with van der Waals surface area (Å²) in [6.45, 7) is 5.94. The Morgan fingerprint density at radius 3 is 2.75 bits per heavy atom. The lowest BCUT2D eigenvalue weighted by atomic mass is 9.52. The van der Waals surface area contributed by atoms with Crippen molar-refractivity contribution in [2.45, 2.75) is 56.9 Å². The Morgan fingerprint density at radius 1 is 1.34 bits per heavy atom. The van der Waals surface area contributed by atoms with Crippen LogP contribution in [0.4, 0.5) is 5.69 Å². The van der Waals surface area contributed by atoms with Crippen LogP contribution in [0.3, 0.4) is 0 Å². The molecule has 1 atom stereocenters. The fraction of sp³-hybridized carbons (Fsp3) is 0.560. The highest BCUT2D eigenvalue weighted by molar-refractivity contribution is 6.32. The van der Waals surface area contributed by atoms with Gasteiger partial charge >= 0.3 is 0 Å². The third-order valence-electron chi connectivity index (χ3n) is 7.71. The Kier molecular flexibility index (Phi) is 5.68. The molecule has 1 spiro atoms. The van der Waals surface area contributed by atoms with Crippen molar-refractivity contribution in [3.05, 3.63) is 46.9 Å². The van der Waals surface area contributed by atoms with Gasteiger partial charge in [0.05, 0.1) is 18.6 Å². The number of ether oxygens (including phenoxy) is 1. The SMILES string of the molecule is C=C1CCC(c2ccc(N3CC(NC(=C=O)OCC4CC5(CCC5)C4)C3)cc2Cl)C(=O)N1. The van der Waals surface area contributed by atoms with Crippen molar-refractivity contribution in [2.24, 2.45) is 11.3 Å². The van der Waals surface area contributed by atoms with Crippen LogP contribution in [0.5, 0.6) is 0 Å². The first kappa shape index (κ1) is 21.4. The third-order valence-corrected chi connectivity index (χ3v) is 8.03. The van der Waals surface area contributed by atoms with Gasteiger partial charge in [0.2, 0.25) is 5.91 Å². The number of halogens is 1. The zero-order valence-electron chi connectivity index (χ0n) is 18.3. The molecule has 2 saturated heterocycles. The minimum atomic E-state index is -0.236. The standard InChI is InChI=1S/C25H30ClN3O3/c1-16-3-5-21(24(31)27-16)20-6-4-19(9-22(20)26)29-12-18(13-29)28-23(14-30)32-15-17-10-25(11-17)7-2-8-25/h4,6,9,17-18,21,28H,1-3,5,7-8,10-13,15H2,(H,27,31). The summed E-state index contributed by atoms with van der Waals surface area (Å²) in [5.41, 5.74) is 3.25. The van der Waals surface area contributed by atoms with Crippen molar-refractivity contribution in [3.63, 3.8) is 0 Å². The Balaban J connectivity index is 1.09. The van der Waals surface area contributed by atoms with Gasteiger partial charge in [0.1, 0.15) is 0 Å². The maximum absolute atomic E-state index is 12.3. The molecule has 32 heavy (non-hydrogen) atoms.